The molecular formula is C18H32N2O2. The summed E-state index contributed by atoms with van der Waals surface area (Å²) in [4.78, 5) is 12.2. The average molecular weight is 308 g/mol. The van der Waals surface area contributed by atoms with Crippen LogP contribution < -0.4 is 10.6 Å². The number of nitrogens with one attached hydrogen (secondary N) is 2. The lowest BCUT2D eigenvalue weighted by atomic mass is 9.57. The van der Waals surface area contributed by atoms with Crippen LogP contribution in [0.5, 0.6) is 0 Å². The van der Waals surface area contributed by atoms with Crippen molar-refractivity contribution in [3.63, 3.8) is 0 Å². The van der Waals surface area contributed by atoms with Gasteiger partial charge in [0.1, 0.15) is 0 Å². The van der Waals surface area contributed by atoms with Crippen molar-refractivity contribution < 1.29 is 9.53 Å². The summed E-state index contributed by atoms with van der Waals surface area (Å²) in [6.07, 6.45) is 7.94. The molecule has 1 heterocycles. The molecule has 22 heavy (non-hydrogen) atoms. The van der Waals surface area contributed by atoms with Crippen LogP contribution in [0.2, 0.25) is 0 Å². The highest BCUT2D eigenvalue weighted by Crippen LogP contribution is 2.52. The van der Waals surface area contributed by atoms with E-state index in [2.05, 4.69) is 31.4 Å². The molecule has 2 aliphatic carbocycles. The maximum absolute atomic E-state index is 12.2. The Balaban J connectivity index is 1.40. The number of urea groups is 1. The molecular weight excluding hydrogens is 276 g/mol. The maximum atomic E-state index is 12.2. The summed E-state index contributed by atoms with van der Waals surface area (Å²) in [6.45, 7) is 8.38. The molecule has 1 aliphatic heterocycles. The summed E-state index contributed by atoms with van der Waals surface area (Å²) in [6, 6.07) is 0.275. The summed E-state index contributed by atoms with van der Waals surface area (Å²) in [5.74, 6) is 2.10. The fraction of sp³-hybridized carbons (Fsp3) is 0.944. The van der Waals surface area contributed by atoms with Crippen molar-refractivity contribution in [2.75, 3.05) is 13.2 Å². The molecule has 0 aromatic carbocycles. The Kier molecular flexibility index (Phi) is 4.67. The van der Waals surface area contributed by atoms with Gasteiger partial charge in [-0.3, -0.25) is 0 Å². The number of rotatable bonds is 4. The van der Waals surface area contributed by atoms with E-state index in [0.29, 0.717) is 17.9 Å². The molecule has 1 saturated heterocycles. The van der Waals surface area contributed by atoms with Crippen LogP contribution in [0.15, 0.2) is 0 Å². The molecule has 2 amide bonds. The monoisotopic (exact) mass is 308 g/mol. The highest BCUT2D eigenvalue weighted by atomic mass is 16.5. The van der Waals surface area contributed by atoms with Gasteiger partial charge < -0.3 is 15.4 Å². The molecule has 2 saturated carbocycles. The van der Waals surface area contributed by atoms with Gasteiger partial charge in [-0.25, -0.2) is 4.79 Å². The topological polar surface area (TPSA) is 50.4 Å². The molecule has 3 rings (SSSR count). The van der Waals surface area contributed by atoms with Gasteiger partial charge in [0.15, 0.2) is 0 Å². The van der Waals surface area contributed by atoms with Crippen LogP contribution in [-0.2, 0) is 4.74 Å². The fourth-order valence-electron chi connectivity index (χ4n) is 4.89. The first-order valence-corrected chi connectivity index (χ1v) is 9.18. The predicted molar refractivity (Wildman–Crippen MR) is 87.7 cm³/mol. The van der Waals surface area contributed by atoms with Gasteiger partial charge in [-0.2, -0.15) is 0 Å². The predicted octanol–water partition coefficient (Wildman–Crippen LogP) is 3.32. The second kappa shape index (κ2) is 6.38. The molecule has 0 spiro atoms. The van der Waals surface area contributed by atoms with Gasteiger partial charge in [0, 0.05) is 30.5 Å². The third-order valence-electron chi connectivity index (χ3n) is 6.48. The van der Waals surface area contributed by atoms with E-state index in [1.54, 1.807) is 0 Å². The molecule has 0 unspecified atom stereocenters. The zero-order valence-electron chi connectivity index (χ0n) is 14.4. The largest absolute Gasteiger partial charge is 0.377 e. The Labute approximate surface area is 134 Å². The van der Waals surface area contributed by atoms with E-state index in [9.17, 15) is 4.79 Å². The second-order valence-corrected chi connectivity index (χ2v) is 8.19. The smallest absolute Gasteiger partial charge is 0.315 e. The highest BCUT2D eigenvalue weighted by molar-refractivity contribution is 5.74. The van der Waals surface area contributed by atoms with Crippen LogP contribution in [0.25, 0.3) is 0 Å². The SMILES string of the molecule is CCC1CCC(CNC(=O)N[C@@H]2[C@@H]3CCO[C@@H]3C2(C)C)CC1. The van der Waals surface area contributed by atoms with Gasteiger partial charge >= 0.3 is 6.03 Å². The summed E-state index contributed by atoms with van der Waals surface area (Å²) in [5.41, 5.74) is 0.0672. The van der Waals surface area contributed by atoms with Crippen LogP contribution in [0.3, 0.4) is 0 Å². The number of amides is 2. The van der Waals surface area contributed by atoms with Crippen molar-refractivity contribution >= 4 is 6.03 Å². The maximum Gasteiger partial charge on any atom is 0.315 e. The summed E-state index contributed by atoms with van der Waals surface area (Å²) < 4.78 is 5.78. The highest BCUT2D eigenvalue weighted by Gasteiger charge is 2.59. The molecule has 4 nitrogen and oxygen atoms in total. The Morgan fingerprint density at radius 1 is 1.14 bits per heavy atom. The first-order chi connectivity index (χ1) is 10.5. The molecule has 126 valence electrons. The number of hydrogen-bond donors (Lipinski definition) is 2. The number of ether oxygens (including phenoxy) is 1. The van der Waals surface area contributed by atoms with Gasteiger partial charge in [0.25, 0.3) is 0 Å². The molecule has 2 N–H and O–H groups in total. The average Bonchev–Trinajstić information content (AvgIpc) is 2.98. The lowest BCUT2D eigenvalue weighted by molar-refractivity contribution is -0.108. The van der Waals surface area contributed by atoms with Crippen LogP contribution >= 0.6 is 0 Å². The van der Waals surface area contributed by atoms with Gasteiger partial charge in [-0.1, -0.05) is 40.0 Å². The third-order valence-corrected chi connectivity index (χ3v) is 6.48. The molecule has 0 aromatic rings. The van der Waals surface area contributed by atoms with Gasteiger partial charge in [0.2, 0.25) is 0 Å². The van der Waals surface area contributed by atoms with Crippen molar-refractivity contribution in [3.05, 3.63) is 0 Å². The number of fused-ring (bicyclic) bond motifs is 1. The van der Waals surface area contributed by atoms with Gasteiger partial charge in [-0.05, 0) is 31.1 Å². The minimum absolute atomic E-state index is 0.0149. The number of carbonyl (C=O) groups is 1. The molecule has 0 aromatic heterocycles. The van der Waals surface area contributed by atoms with E-state index >= 15 is 0 Å². The van der Waals surface area contributed by atoms with Gasteiger partial charge in [0.05, 0.1) is 6.10 Å². The Hall–Kier alpha value is -0.770. The first-order valence-electron chi connectivity index (χ1n) is 9.18. The van der Waals surface area contributed by atoms with Crippen LogP contribution in [0, 0.1) is 23.2 Å². The van der Waals surface area contributed by atoms with Crippen molar-refractivity contribution in [1.29, 1.82) is 0 Å². The van der Waals surface area contributed by atoms with Crippen LogP contribution in [0.4, 0.5) is 4.79 Å². The lowest BCUT2D eigenvalue weighted by Gasteiger charge is -2.54. The second-order valence-electron chi connectivity index (χ2n) is 8.19. The third kappa shape index (κ3) is 2.99. The normalized spacial score (nSPS) is 39.7. The fourth-order valence-corrected chi connectivity index (χ4v) is 4.89. The van der Waals surface area contributed by atoms with E-state index in [-0.39, 0.29) is 17.5 Å². The summed E-state index contributed by atoms with van der Waals surface area (Å²) >= 11 is 0. The summed E-state index contributed by atoms with van der Waals surface area (Å²) in [5, 5.41) is 6.32. The molecule has 3 atom stereocenters. The van der Waals surface area contributed by atoms with Crippen molar-refractivity contribution in [2.24, 2.45) is 23.2 Å². The molecule has 3 fully saturated rings. The van der Waals surface area contributed by atoms with Crippen molar-refractivity contribution in [3.8, 4) is 0 Å². The molecule has 4 heteroatoms. The number of carbonyl (C=O) groups excluding carboxylic acids is 1. The Bertz CT molecular complexity index is 402. The minimum Gasteiger partial charge on any atom is -0.377 e. The van der Waals surface area contributed by atoms with E-state index in [1.807, 2.05) is 0 Å². The first kappa shape index (κ1) is 16.1. The molecule has 0 radical (unpaired) electrons. The van der Waals surface area contributed by atoms with Crippen molar-refractivity contribution in [2.45, 2.75) is 71.4 Å². The lowest BCUT2D eigenvalue weighted by Crippen LogP contribution is -2.67. The number of hydrogen-bond acceptors (Lipinski definition) is 2. The molecule has 3 aliphatic rings. The minimum atomic E-state index is 0.0149. The quantitative estimate of drug-likeness (QED) is 0.837. The zero-order chi connectivity index (χ0) is 15.7. The van der Waals surface area contributed by atoms with Crippen LogP contribution in [-0.4, -0.2) is 31.3 Å². The van der Waals surface area contributed by atoms with Crippen LogP contribution in [0.1, 0.15) is 59.3 Å². The zero-order valence-corrected chi connectivity index (χ0v) is 14.4. The Morgan fingerprint density at radius 3 is 2.50 bits per heavy atom. The van der Waals surface area contributed by atoms with Crippen molar-refractivity contribution in [1.82, 2.24) is 10.6 Å². The van der Waals surface area contributed by atoms with Gasteiger partial charge in [-0.15, -0.1) is 0 Å². The van der Waals surface area contributed by atoms with E-state index < -0.39 is 0 Å². The summed E-state index contributed by atoms with van der Waals surface area (Å²) in [7, 11) is 0. The van der Waals surface area contributed by atoms with E-state index in [0.717, 1.165) is 25.5 Å². The standard InChI is InChI=1S/C18H32N2O2/c1-4-12-5-7-13(8-6-12)11-19-17(21)20-15-14-9-10-22-16(14)18(15,2)3/h12-16H,4-11H2,1-3H3,(H2,19,20,21)/t12?,13?,14-,15+,16-/m0/s1. The van der Waals surface area contributed by atoms with E-state index in [4.69, 9.17) is 4.74 Å². The molecule has 0 bridgehead atoms. The Morgan fingerprint density at radius 2 is 1.82 bits per heavy atom. The van der Waals surface area contributed by atoms with E-state index in [1.165, 1.54) is 32.1 Å².